The highest BCUT2D eigenvalue weighted by Gasteiger charge is 2.20. The van der Waals surface area contributed by atoms with Crippen LogP contribution in [-0.2, 0) is 11.8 Å². The third kappa shape index (κ3) is 3.72. The summed E-state index contributed by atoms with van der Waals surface area (Å²) in [6.07, 6.45) is 6.91. The Hall–Kier alpha value is -3.08. The zero-order chi connectivity index (χ0) is 18.9. The summed E-state index contributed by atoms with van der Waals surface area (Å²) in [6.45, 7) is 4.89. The van der Waals surface area contributed by atoms with E-state index < -0.39 is 0 Å². The molecule has 0 saturated carbocycles. The van der Waals surface area contributed by atoms with Gasteiger partial charge in [0.15, 0.2) is 0 Å². The molecule has 1 aromatic carbocycles. The second-order valence-electron chi connectivity index (χ2n) is 7.42. The van der Waals surface area contributed by atoms with Crippen molar-refractivity contribution in [3.8, 4) is 11.3 Å². The van der Waals surface area contributed by atoms with Crippen LogP contribution in [0.2, 0.25) is 0 Å². The van der Waals surface area contributed by atoms with Gasteiger partial charge in [-0.05, 0) is 54.0 Å². The Balaban J connectivity index is 1.44. The summed E-state index contributed by atoms with van der Waals surface area (Å²) in [4.78, 5) is 4.47. The maximum atomic E-state index is 13.1. The predicted octanol–water partition coefficient (Wildman–Crippen LogP) is 4.64. The maximum Gasteiger partial charge on any atom is 0.148 e. The molecule has 4 rings (SSSR count). The molecule has 0 bridgehead atoms. The van der Waals surface area contributed by atoms with Crippen LogP contribution in [0.25, 0.3) is 17.3 Å². The molecular weight excluding hydrogens is 339 g/mol. The van der Waals surface area contributed by atoms with Crippen molar-refractivity contribution in [2.45, 2.75) is 25.7 Å². The number of benzene rings is 1. The Bertz CT molecular complexity index is 976. The second-order valence-corrected chi connectivity index (χ2v) is 7.42. The van der Waals surface area contributed by atoms with E-state index in [1.807, 2.05) is 36.5 Å². The number of hydrogen-bond donors (Lipinski definition) is 1. The molecule has 0 spiro atoms. The van der Waals surface area contributed by atoms with E-state index in [4.69, 9.17) is 0 Å². The first kappa shape index (κ1) is 17.3. The molecule has 1 aliphatic carbocycles. The number of nitrogens with one attached hydrogen (secondary N) is 1. The standard InChI is InChI=1S/C22H21FN4/c1-22(2,17-6-8-18(23)9-7-17)14-25-21-11-10-20(26-27-21)16-12-15-4-3-5-19(15)24-13-16/h3,5-13H,4,14H2,1-2H3,(H,25,27). The number of fused-ring (bicyclic) bond motifs is 1. The third-order valence-electron chi connectivity index (χ3n) is 4.91. The van der Waals surface area contributed by atoms with E-state index >= 15 is 0 Å². The van der Waals surface area contributed by atoms with Crippen molar-refractivity contribution >= 4 is 11.9 Å². The molecule has 0 saturated heterocycles. The molecular formula is C22H21FN4. The minimum Gasteiger partial charge on any atom is -0.368 e. The zero-order valence-corrected chi connectivity index (χ0v) is 15.4. The van der Waals surface area contributed by atoms with Crippen molar-refractivity contribution in [1.29, 1.82) is 0 Å². The molecule has 0 atom stereocenters. The van der Waals surface area contributed by atoms with Crippen molar-refractivity contribution in [2.24, 2.45) is 0 Å². The quantitative estimate of drug-likeness (QED) is 0.720. The lowest BCUT2D eigenvalue weighted by Gasteiger charge is -2.25. The molecule has 4 nitrogen and oxygen atoms in total. The Morgan fingerprint density at radius 1 is 1.07 bits per heavy atom. The second kappa shape index (κ2) is 6.91. The van der Waals surface area contributed by atoms with Crippen LogP contribution in [0, 0.1) is 5.82 Å². The third-order valence-corrected chi connectivity index (χ3v) is 4.91. The topological polar surface area (TPSA) is 50.7 Å². The van der Waals surface area contributed by atoms with Gasteiger partial charge in [0.2, 0.25) is 0 Å². The Kier molecular flexibility index (Phi) is 4.44. The van der Waals surface area contributed by atoms with E-state index in [1.54, 1.807) is 0 Å². The summed E-state index contributed by atoms with van der Waals surface area (Å²) >= 11 is 0. The van der Waals surface area contributed by atoms with Crippen molar-refractivity contribution in [2.75, 3.05) is 11.9 Å². The lowest BCUT2D eigenvalue weighted by atomic mass is 9.84. The maximum absolute atomic E-state index is 13.1. The predicted molar refractivity (Wildman–Crippen MR) is 106 cm³/mol. The molecule has 27 heavy (non-hydrogen) atoms. The molecule has 1 aliphatic rings. The van der Waals surface area contributed by atoms with Crippen LogP contribution >= 0.6 is 0 Å². The molecule has 2 aromatic heterocycles. The molecule has 0 fully saturated rings. The molecule has 136 valence electrons. The number of aromatic nitrogens is 3. The smallest absolute Gasteiger partial charge is 0.148 e. The zero-order valence-electron chi connectivity index (χ0n) is 15.4. The fourth-order valence-corrected chi connectivity index (χ4v) is 3.17. The van der Waals surface area contributed by atoms with Crippen molar-refractivity contribution < 1.29 is 4.39 Å². The molecule has 5 heteroatoms. The monoisotopic (exact) mass is 360 g/mol. The summed E-state index contributed by atoms with van der Waals surface area (Å²) in [7, 11) is 0. The van der Waals surface area contributed by atoms with E-state index in [2.05, 4.69) is 46.5 Å². The molecule has 0 amide bonds. The fraction of sp³-hybridized carbons (Fsp3) is 0.227. The lowest BCUT2D eigenvalue weighted by molar-refractivity contribution is 0.552. The molecule has 2 heterocycles. The minimum atomic E-state index is -0.221. The van der Waals surface area contributed by atoms with Gasteiger partial charge in [-0.1, -0.05) is 32.1 Å². The molecule has 1 N–H and O–H groups in total. The van der Waals surface area contributed by atoms with Gasteiger partial charge >= 0.3 is 0 Å². The van der Waals surface area contributed by atoms with Crippen LogP contribution in [0.3, 0.4) is 0 Å². The SMILES string of the molecule is CC(C)(CNc1ccc(-c2cnc3c(c2)CC=C3)nn1)c1ccc(F)cc1. The number of pyridine rings is 1. The number of rotatable bonds is 5. The summed E-state index contributed by atoms with van der Waals surface area (Å²) < 4.78 is 13.1. The van der Waals surface area contributed by atoms with Gasteiger partial charge in [0, 0.05) is 23.7 Å². The van der Waals surface area contributed by atoms with Crippen LogP contribution in [0.1, 0.15) is 30.7 Å². The van der Waals surface area contributed by atoms with Crippen LogP contribution < -0.4 is 5.32 Å². The number of anilines is 1. The number of nitrogens with zero attached hydrogens (tertiary/aromatic N) is 3. The Labute approximate surface area is 158 Å². The largest absolute Gasteiger partial charge is 0.368 e. The highest BCUT2D eigenvalue weighted by molar-refractivity contribution is 5.65. The first-order valence-corrected chi connectivity index (χ1v) is 9.01. The number of hydrogen-bond acceptors (Lipinski definition) is 4. The summed E-state index contributed by atoms with van der Waals surface area (Å²) in [6, 6.07) is 12.6. The minimum absolute atomic E-state index is 0.162. The van der Waals surface area contributed by atoms with Crippen LogP contribution in [0.15, 0.2) is 54.7 Å². The average molecular weight is 360 g/mol. The summed E-state index contributed by atoms with van der Waals surface area (Å²) in [5.41, 5.74) is 4.94. The van der Waals surface area contributed by atoms with Gasteiger partial charge in [-0.25, -0.2) is 4.39 Å². The van der Waals surface area contributed by atoms with Crippen LogP contribution in [0.4, 0.5) is 10.2 Å². The van der Waals surface area contributed by atoms with Gasteiger partial charge in [0.25, 0.3) is 0 Å². The van der Waals surface area contributed by atoms with Crippen molar-refractivity contribution in [3.63, 3.8) is 0 Å². The van der Waals surface area contributed by atoms with Gasteiger partial charge < -0.3 is 5.32 Å². The van der Waals surface area contributed by atoms with Crippen molar-refractivity contribution in [3.05, 3.63) is 77.4 Å². The average Bonchev–Trinajstić information content (AvgIpc) is 3.15. The highest BCUT2D eigenvalue weighted by Crippen LogP contribution is 2.25. The first-order valence-electron chi connectivity index (χ1n) is 9.01. The highest BCUT2D eigenvalue weighted by atomic mass is 19.1. The van der Waals surface area contributed by atoms with Crippen LogP contribution in [-0.4, -0.2) is 21.7 Å². The van der Waals surface area contributed by atoms with Gasteiger partial charge in [-0.3, -0.25) is 4.98 Å². The Morgan fingerprint density at radius 2 is 1.89 bits per heavy atom. The lowest BCUT2D eigenvalue weighted by Crippen LogP contribution is -2.28. The van der Waals surface area contributed by atoms with Gasteiger partial charge in [0.05, 0.1) is 11.4 Å². The van der Waals surface area contributed by atoms with Gasteiger partial charge in [-0.15, -0.1) is 10.2 Å². The van der Waals surface area contributed by atoms with E-state index in [0.717, 1.165) is 28.9 Å². The van der Waals surface area contributed by atoms with Crippen molar-refractivity contribution in [1.82, 2.24) is 15.2 Å². The van der Waals surface area contributed by atoms with E-state index in [1.165, 1.54) is 17.7 Å². The van der Waals surface area contributed by atoms with Gasteiger partial charge in [-0.2, -0.15) is 0 Å². The van der Waals surface area contributed by atoms with Gasteiger partial charge in [0.1, 0.15) is 11.6 Å². The van der Waals surface area contributed by atoms with E-state index in [9.17, 15) is 4.39 Å². The fourth-order valence-electron chi connectivity index (χ4n) is 3.17. The molecule has 0 radical (unpaired) electrons. The summed E-state index contributed by atoms with van der Waals surface area (Å²) in [5, 5.41) is 12.0. The number of halogens is 1. The normalized spacial score (nSPS) is 12.9. The first-order chi connectivity index (χ1) is 13.0. The molecule has 3 aromatic rings. The number of allylic oxidation sites excluding steroid dienone is 1. The molecule has 0 unspecified atom stereocenters. The van der Waals surface area contributed by atoms with Crippen LogP contribution in [0.5, 0.6) is 0 Å². The Morgan fingerprint density at radius 3 is 2.63 bits per heavy atom. The summed E-state index contributed by atoms with van der Waals surface area (Å²) in [5.74, 6) is 0.491. The van der Waals surface area contributed by atoms with E-state index in [0.29, 0.717) is 12.4 Å². The molecule has 0 aliphatic heterocycles. The van der Waals surface area contributed by atoms with E-state index in [-0.39, 0.29) is 11.2 Å².